The van der Waals surface area contributed by atoms with E-state index in [2.05, 4.69) is 22.1 Å². The van der Waals surface area contributed by atoms with Crippen molar-refractivity contribution in [3.63, 3.8) is 0 Å². The zero-order valence-corrected chi connectivity index (χ0v) is 6.90. The van der Waals surface area contributed by atoms with Crippen molar-refractivity contribution in [3.8, 4) is 0 Å². The number of nitrogens with one attached hydrogen (secondary N) is 1. The Hall–Kier alpha value is -1.16. The molecule has 0 saturated carbocycles. The summed E-state index contributed by atoms with van der Waals surface area (Å²) in [5.41, 5.74) is 0. The van der Waals surface area contributed by atoms with E-state index < -0.39 is 0 Å². The van der Waals surface area contributed by atoms with Crippen LogP contribution in [-0.4, -0.2) is 27.9 Å². The molecule has 1 N–H and O–H groups in total. The molecule has 0 radical (unpaired) electrons. The highest BCUT2D eigenvalue weighted by Gasteiger charge is 2.23. The first kappa shape index (κ1) is 7.49. The highest BCUT2D eigenvalue weighted by Crippen LogP contribution is 2.16. The van der Waals surface area contributed by atoms with Crippen molar-refractivity contribution in [1.82, 2.24) is 20.1 Å². The molecule has 0 aromatic carbocycles. The number of hydrogen-bond donors (Lipinski definition) is 1. The van der Waals surface area contributed by atoms with Crippen molar-refractivity contribution in [2.75, 3.05) is 13.1 Å². The van der Waals surface area contributed by atoms with Crippen LogP contribution >= 0.6 is 0 Å². The monoisotopic (exact) mass is 164 g/mol. The minimum atomic E-state index is 0.549. The van der Waals surface area contributed by atoms with E-state index in [4.69, 9.17) is 0 Å². The molecule has 1 aliphatic rings. The summed E-state index contributed by atoms with van der Waals surface area (Å²) >= 11 is 0. The smallest absolute Gasteiger partial charge is 0.138 e. The Bertz CT molecular complexity index is 274. The Morgan fingerprint density at radius 1 is 1.75 bits per heavy atom. The number of allylic oxidation sites excluding steroid dienone is 1. The largest absolute Gasteiger partial charge is 0.315 e. The molecule has 0 spiro atoms. The summed E-state index contributed by atoms with van der Waals surface area (Å²) in [6, 6.07) is 0. The number of rotatable bonds is 3. The van der Waals surface area contributed by atoms with Crippen LogP contribution in [0.3, 0.4) is 0 Å². The lowest BCUT2D eigenvalue weighted by Gasteiger charge is -2.26. The lowest BCUT2D eigenvalue weighted by atomic mass is 10.0. The van der Waals surface area contributed by atoms with Crippen molar-refractivity contribution >= 4 is 0 Å². The van der Waals surface area contributed by atoms with Gasteiger partial charge in [-0.1, -0.05) is 6.08 Å². The third-order valence-electron chi connectivity index (χ3n) is 2.12. The number of nitrogens with zero attached hydrogens (tertiary/aromatic N) is 3. The van der Waals surface area contributed by atoms with E-state index in [0.29, 0.717) is 5.92 Å². The first-order valence-corrected chi connectivity index (χ1v) is 4.11. The van der Waals surface area contributed by atoms with Crippen molar-refractivity contribution in [2.24, 2.45) is 0 Å². The standard InChI is InChI=1S/C8H12N4/c1-2-3-12-6-10-11-8(12)7-4-9-5-7/h2,6-7,9H,1,3-5H2. The fraction of sp³-hybridized carbons (Fsp3) is 0.500. The highest BCUT2D eigenvalue weighted by molar-refractivity contribution is 5.04. The van der Waals surface area contributed by atoms with Crippen LogP contribution in [0.2, 0.25) is 0 Å². The van der Waals surface area contributed by atoms with Gasteiger partial charge in [-0.2, -0.15) is 0 Å². The highest BCUT2D eigenvalue weighted by atomic mass is 15.3. The molecule has 2 rings (SSSR count). The minimum absolute atomic E-state index is 0.549. The van der Waals surface area contributed by atoms with Gasteiger partial charge in [-0.15, -0.1) is 16.8 Å². The molecule has 1 saturated heterocycles. The Balaban J connectivity index is 2.17. The Morgan fingerprint density at radius 2 is 2.58 bits per heavy atom. The maximum absolute atomic E-state index is 4.08. The van der Waals surface area contributed by atoms with Gasteiger partial charge in [-0.05, 0) is 0 Å². The fourth-order valence-electron chi connectivity index (χ4n) is 1.33. The van der Waals surface area contributed by atoms with E-state index in [-0.39, 0.29) is 0 Å². The summed E-state index contributed by atoms with van der Waals surface area (Å²) < 4.78 is 2.04. The summed E-state index contributed by atoms with van der Waals surface area (Å²) in [5.74, 6) is 1.63. The molecule has 1 fully saturated rings. The number of aromatic nitrogens is 3. The van der Waals surface area contributed by atoms with Gasteiger partial charge in [0.15, 0.2) is 0 Å². The second kappa shape index (κ2) is 3.06. The van der Waals surface area contributed by atoms with Crippen molar-refractivity contribution in [3.05, 3.63) is 24.8 Å². The van der Waals surface area contributed by atoms with E-state index in [1.807, 2.05) is 10.6 Å². The van der Waals surface area contributed by atoms with Gasteiger partial charge in [-0.3, -0.25) is 0 Å². The molecule has 1 aromatic rings. The second-order valence-electron chi connectivity index (χ2n) is 2.99. The van der Waals surface area contributed by atoms with Gasteiger partial charge in [0.25, 0.3) is 0 Å². The van der Waals surface area contributed by atoms with E-state index >= 15 is 0 Å². The quantitative estimate of drug-likeness (QED) is 0.647. The van der Waals surface area contributed by atoms with Gasteiger partial charge in [-0.25, -0.2) is 0 Å². The molecule has 2 heterocycles. The first-order valence-electron chi connectivity index (χ1n) is 4.11. The molecule has 0 bridgehead atoms. The third kappa shape index (κ3) is 1.14. The van der Waals surface area contributed by atoms with E-state index in [0.717, 1.165) is 25.5 Å². The minimum Gasteiger partial charge on any atom is -0.315 e. The fourth-order valence-corrected chi connectivity index (χ4v) is 1.33. The van der Waals surface area contributed by atoms with Gasteiger partial charge in [0.1, 0.15) is 12.2 Å². The topological polar surface area (TPSA) is 42.7 Å². The SMILES string of the molecule is C=CCn1cnnc1C1CNC1. The molecule has 1 aromatic heterocycles. The van der Waals surface area contributed by atoms with E-state index in [9.17, 15) is 0 Å². The summed E-state index contributed by atoms with van der Waals surface area (Å²) in [4.78, 5) is 0. The van der Waals surface area contributed by atoms with Crippen LogP contribution in [0.4, 0.5) is 0 Å². The van der Waals surface area contributed by atoms with Crippen LogP contribution in [0.25, 0.3) is 0 Å². The molecule has 0 amide bonds. The molecule has 4 heteroatoms. The van der Waals surface area contributed by atoms with Crippen molar-refractivity contribution < 1.29 is 0 Å². The van der Waals surface area contributed by atoms with E-state index in [1.54, 1.807) is 6.33 Å². The molecule has 64 valence electrons. The molecular formula is C8H12N4. The average Bonchev–Trinajstić information content (AvgIpc) is 2.35. The molecule has 0 atom stereocenters. The molecule has 4 nitrogen and oxygen atoms in total. The lowest BCUT2D eigenvalue weighted by molar-refractivity contribution is 0.417. The maximum Gasteiger partial charge on any atom is 0.138 e. The lowest BCUT2D eigenvalue weighted by Crippen LogP contribution is -2.41. The van der Waals surface area contributed by atoms with Gasteiger partial charge in [0.2, 0.25) is 0 Å². The Morgan fingerprint density at radius 3 is 3.17 bits per heavy atom. The normalized spacial score (nSPS) is 17.3. The predicted molar refractivity (Wildman–Crippen MR) is 45.8 cm³/mol. The Labute approximate surface area is 71.3 Å². The van der Waals surface area contributed by atoms with E-state index in [1.165, 1.54) is 0 Å². The van der Waals surface area contributed by atoms with Crippen molar-refractivity contribution in [2.45, 2.75) is 12.5 Å². The summed E-state index contributed by atoms with van der Waals surface area (Å²) in [5, 5.41) is 11.2. The Kier molecular flexibility index (Phi) is 1.91. The zero-order chi connectivity index (χ0) is 8.39. The summed E-state index contributed by atoms with van der Waals surface area (Å²) in [6.45, 7) is 6.54. The van der Waals surface area contributed by atoms with Gasteiger partial charge in [0, 0.05) is 25.6 Å². The van der Waals surface area contributed by atoms with Gasteiger partial charge < -0.3 is 9.88 Å². The molecule has 0 unspecified atom stereocenters. The second-order valence-corrected chi connectivity index (χ2v) is 2.99. The molecule has 1 aliphatic heterocycles. The third-order valence-corrected chi connectivity index (χ3v) is 2.12. The van der Waals surface area contributed by atoms with Crippen LogP contribution in [0, 0.1) is 0 Å². The van der Waals surface area contributed by atoms with Gasteiger partial charge in [0.05, 0.1) is 0 Å². The average molecular weight is 164 g/mol. The van der Waals surface area contributed by atoms with Crippen LogP contribution in [0.15, 0.2) is 19.0 Å². The summed E-state index contributed by atoms with van der Waals surface area (Å²) in [7, 11) is 0. The summed E-state index contributed by atoms with van der Waals surface area (Å²) in [6.07, 6.45) is 3.62. The maximum atomic E-state index is 4.08. The van der Waals surface area contributed by atoms with Crippen LogP contribution < -0.4 is 5.32 Å². The van der Waals surface area contributed by atoms with Gasteiger partial charge >= 0.3 is 0 Å². The first-order chi connectivity index (χ1) is 5.92. The predicted octanol–water partition coefficient (Wildman–Crippen LogP) is 0.151. The van der Waals surface area contributed by atoms with Crippen LogP contribution in [0.1, 0.15) is 11.7 Å². The molecule has 12 heavy (non-hydrogen) atoms. The van der Waals surface area contributed by atoms with Crippen molar-refractivity contribution in [1.29, 1.82) is 0 Å². The molecular weight excluding hydrogens is 152 g/mol. The van der Waals surface area contributed by atoms with Crippen LogP contribution in [0.5, 0.6) is 0 Å². The molecule has 0 aliphatic carbocycles. The zero-order valence-electron chi connectivity index (χ0n) is 6.90. The number of hydrogen-bond acceptors (Lipinski definition) is 3. The van der Waals surface area contributed by atoms with Crippen LogP contribution in [-0.2, 0) is 6.54 Å².